The van der Waals surface area contributed by atoms with Gasteiger partial charge in [0, 0.05) is 0 Å². The molecule has 146 valence electrons. The Kier molecular flexibility index (Phi) is 5.66. The molecular formula is C24H25AsN3O+. The minimum atomic E-state index is 0.202. The van der Waals surface area contributed by atoms with Crippen LogP contribution in [0.15, 0.2) is 89.8 Å². The maximum atomic E-state index is 5.23. The molecule has 2 aromatic heterocycles. The molecule has 0 radical (unpaired) electrons. The van der Waals surface area contributed by atoms with Crippen LogP contribution >= 0.6 is 0 Å². The number of rotatable bonds is 5. The molecule has 0 spiro atoms. The molecule has 0 bridgehead atoms. The average Bonchev–Trinajstić information content (AvgIpc) is 2.79. The summed E-state index contributed by atoms with van der Waals surface area (Å²) in [6, 6.07) is 17.0. The summed E-state index contributed by atoms with van der Waals surface area (Å²) < 4.78 is 7.27. The fourth-order valence-electron chi connectivity index (χ4n) is 4.03. The van der Waals surface area contributed by atoms with Crippen LogP contribution in [0.25, 0.3) is 11.1 Å². The van der Waals surface area contributed by atoms with Gasteiger partial charge in [-0.15, -0.1) is 0 Å². The number of methoxy groups -OCH3 is 1. The Morgan fingerprint density at radius 3 is 2.62 bits per heavy atom. The van der Waals surface area contributed by atoms with Crippen molar-refractivity contribution in [3.8, 4) is 17.0 Å². The average molecular weight is 446 g/mol. The van der Waals surface area contributed by atoms with Crippen LogP contribution in [0.4, 0.5) is 5.69 Å². The van der Waals surface area contributed by atoms with Crippen molar-refractivity contribution in [2.75, 3.05) is 13.7 Å². The molecule has 3 aromatic rings. The van der Waals surface area contributed by atoms with Crippen LogP contribution in [0.3, 0.4) is 0 Å². The number of quaternary nitrogens is 1. The maximum absolute atomic E-state index is 5.23. The van der Waals surface area contributed by atoms with E-state index in [4.69, 9.17) is 4.74 Å². The van der Waals surface area contributed by atoms with Crippen molar-refractivity contribution < 1.29 is 4.74 Å². The first kappa shape index (κ1) is 19.6. The first-order valence-corrected chi connectivity index (χ1v) is 10.9. The summed E-state index contributed by atoms with van der Waals surface area (Å²) in [5.74, 6) is 0.625. The van der Waals surface area contributed by atoms with Gasteiger partial charge in [-0.1, -0.05) is 0 Å². The molecule has 1 aliphatic rings. The zero-order valence-corrected chi connectivity index (χ0v) is 19.1. The van der Waals surface area contributed by atoms with Gasteiger partial charge in [0.05, 0.1) is 0 Å². The van der Waals surface area contributed by atoms with Crippen molar-refractivity contribution in [2.45, 2.75) is 13.0 Å². The molecule has 0 aliphatic carbocycles. The van der Waals surface area contributed by atoms with E-state index in [2.05, 4.69) is 71.6 Å². The summed E-state index contributed by atoms with van der Waals surface area (Å²) in [6.07, 6.45) is 12.6. The number of hydrogen-bond donors (Lipinski definition) is 0. The molecule has 0 saturated heterocycles. The van der Waals surface area contributed by atoms with E-state index in [1.165, 1.54) is 21.2 Å². The molecule has 3 unspecified atom stereocenters. The van der Waals surface area contributed by atoms with E-state index in [9.17, 15) is 0 Å². The standard InChI is InChI=1S/C24H25AsN3O/c1-18(28(14-6-7-20(25)17-28)21-8-5-13-26-16-21)22-9-3-4-10-23(22)19-11-12-24(29-2)27-15-19/h3-13,15-18H,14,25H2,1-2H3/q+1. The van der Waals surface area contributed by atoms with E-state index < -0.39 is 0 Å². The molecule has 0 fully saturated rings. The summed E-state index contributed by atoms with van der Waals surface area (Å²) >= 11 is 1.65. The van der Waals surface area contributed by atoms with Crippen molar-refractivity contribution in [2.24, 2.45) is 0 Å². The number of ether oxygens (including phenoxy) is 1. The van der Waals surface area contributed by atoms with Crippen LogP contribution in [0, 0.1) is 0 Å². The van der Waals surface area contributed by atoms with Gasteiger partial charge < -0.3 is 0 Å². The summed E-state index contributed by atoms with van der Waals surface area (Å²) in [5.41, 5.74) is 4.77. The number of benzene rings is 1. The predicted molar refractivity (Wildman–Crippen MR) is 121 cm³/mol. The molecule has 0 saturated carbocycles. The van der Waals surface area contributed by atoms with Gasteiger partial charge in [0.15, 0.2) is 0 Å². The van der Waals surface area contributed by atoms with E-state index in [0.29, 0.717) is 5.88 Å². The Bertz CT molecular complexity index is 1050. The number of nitrogens with zero attached hydrogens (tertiary/aromatic N) is 3. The first-order chi connectivity index (χ1) is 14.1. The van der Waals surface area contributed by atoms with Crippen molar-refractivity contribution in [1.82, 2.24) is 14.5 Å². The number of allylic oxidation sites excluding steroid dienone is 2. The molecule has 0 amide bonds. The summed E-state index contributed by atoms with van der Waals surface area (Å²) in [7, 11) is 1.64. The second-order valence-electron chi connectivity index (χ2n) is 7.21. The van der Waals surface area contributed by atoms with Crippen molar-refractivity contribution in [3.05, 3.63) is 95.4 Å². The SMILES string of the molecule is COc1ccc(-c2ccccc2C(C)[N+]2(c3cccnc3)C=C([AsH2])C=CC2)cn1. The number of pyridine rings is 2. The third kappa shape index (κ3) is 3.78. The van der Waals surface area contributed by atoms with Gasteiger partial charge in [-0.3, -0.25) is 0 Å². The predicted octanol–water partition coefficient (Wildman–Crippen LogP) is 4.27. The second-order valence-corrected chi connectivity index (χ2v) is 8.61. The molecule has 4 nitrogen and oxygen atoms in total. The molecular weight excluding hydrogens is 421 g/mol. The number of aromatic nitrogens is 2. The Balaban J connectivity index is 1.84. The van der Waals surface area contributed by atoms with Crippen LogP contribution in [0.5, 0.6) is 5.88 Å². The van der Waals surface area contributed by atoms with Crippen molar-refractivity contribution >= 4 is 22.5 Å². The van der Waals surface area contributed by atoms with Gasteiger partial charge >= 0.3 is 181 Å². The molecule has 3 atom stereocenters. The van der Waals surface area contributed by atoms with Crippen molar-refractivity contribution in [3.63, 3.8) is 0 Å². The Morgan fingerprint density at radius 1 is 1.07 bits per heavy atom. The third-order valence-electron chi connectivity index (χ3n) is 5.58. The fourth-order valence-corrected chi connectivity index (χ4v) is 4.87. The Hall–Kier alpha value is -2.68. The van der Waals surface area contributed by atoms with Crippen molar-refractivity contribution in [1.29, 1.82) is 0 Å². The van der Waals surface area contributed by atoms with Crippen LogP contribution < -0.4 is 9.22 Å². The first-order valence-electron chi connectivity index (χ1n) is 9.66. The third-order valence-corrected chi connectivity index (χ3v) is 6.30. The number of hydrogen-bond acceptors (Lipinski definition) is 3. The van der Waals surface area contributed by atoms with Gasteiger partial charge in [-0.05, 0) is 0 Å². The second kappa shape index (κ2) is 8.36. The van der Waals surface area contributed by atoms with Crippen LogP contribution in [0.1, 0.15) is 18.5 Å². The van der Waals surface area contributed by atoms with Gasteiger partial charge in [-0.25, -0.2) is 0 Å². The molecule has 29 heavy (non-hydrogen) atoms. The van der Waals surface area contributed by atoms with Crippen LogP contribution in [0.2, 0.25) is 0 Å². The van der Waals surface area contributed by atoms with E-state index in [-0.39, 0.29) is 6.04 Å². The Morgan fingerprint density at radius 2 is 1.93 bits per heavy atom. The zero-order valence-electron chi connectivity index (χ0n) is 16.7. The van der Waals surface area contributed by atoms with E-state index in [0.717, 1.165) is 16.6 Å². The van der Waals surface area contributed by atoms with E-state index in [1.807, 2.05) is 30.7 Å². The quantitative estimate of drug-likeness (QED) is 0.434. The van der Waals surface area contributed by atoms with Gasteiger partial charge in [0.1, 0.15) is 0 Å². The minimum absolute atomic E-state index is 0.202. The summed E-state index contributed by atoms with van der Waals surface area (Å²) in [4.78, 5) is 8.83. The summed E-state index contributed by atoms with van der Waals surface area (Å²) in [6.45, 7) is 3.20. The molecule has 5 heteroatoms. The zero-order chi connectivity index (χ0) is 20.3. The monoisotopic (exact) mass is 446 g/mol. The summed E-state index contributed by atoms with van der Waals surface area (Å²) in [5, 5.41) is 0. The van der Waals surface area contributed by atoms with Gasteiger partial charge in [0.25, 0.3) is 0 Å². The Labute approximate surface area is 180 Å². The van der Waals surface area contributed by atoms with E-state index >= 15 is 0 Å². The fraction of sp³-hybridized carbons (Fsp3) is 0.167. The molecule has 1 aliphatic heterocycles. The van der Waals surface area contributed by atoms with Crippen LogP contribution in [-0.4, -0.2) is 40.5 Å². The van der Waals surface area contributed by atoms with Crippen LogP contribution in [-0.2, 0) is 0 Å². The van der Waals surface area contributed by atoms with Gasteiger partial charge in [0.2, 0.25) is 0 Å². The normalized spacial score (nSPS) is 19.5. The molecule has 3 heterocycles. The molecule has 0 N–H and O–H groups in total. The van der Waals surface area contributed by atoms with Gasteiger partial charge in [-0.2, -0.15) is 0 Å². The van der Waals surface area contributed by atoms with E-state index in [1.54, 1.807) is 24.0 Å². The topological polar surface area (TPSA) is 35.0 Å². The molecule has 1 aromatic carbocycles. The molecule has 4 rings (SSSR count).